The second-order valence-corrected chi connectivity index (χ2v) is 7.84. The predicted octanol–water partition coefficient (Wildman–Crippen LogP) is 2.92. The van der Waals surface area contributed by atoms with Gasteiger partial charge < -0.3 is 5.32 Å². The molecule has 1 aromatic carbocycles. The molecule has 0 aliphatic carbocycles. The van der Waals surface area contributed by atoms with E-state index in [0.29, 0.717) is 11.5 Å². The number of hydrogen-bond donors (Lipinski definition) is 1. The topological polar surface area (TPSA) is 63.1 Å². The van der Waals surface area contributed by atoms with Gasteiger partial charge in [-0.1, -0.05) is 30.3 Å². The van der Waals surface area contributed by atoms with Gasteiger partial charge in [-0.25, -0.2) is 4.98 Å². The Morgan fingerprint density at radius 1 is 1.32 bits per heavy atom. The van der Waals surface area contributed by atoms with Crippen LogP contribution < -0.4 is 5.32 Å². The Hall–Kier alpha value is -2.73. The van der Waals surface area contributed by atoms with Gasteiger partial charge in [0.2, 0.25) is 0 Å². The van der Waals surface area contributed by atoms with E-state index < -0.39 is 0 Å². The molecule has 4 rings (SSSR count). The maximum atomic E-state index is 12.8. The van der Waals surface area contributed by atoms with E-state index in [4.69, 9.17) is 0 Å². The Morgan fingerprint density at radius 2 is 2.11 bits per heavy atom. The molecule has 1 aliphatic heterocycles. The number of fused-ring (bicyclic) bond motifs is 1. The number of likely N-dealkylation sites (tertiary alicyclic amines) is 1. The molecule has 1 aliphatic rings. The van der Waals surface area contributed by atoms with Gasteiger partial charge in [-0.3, -0.25) is 14.4 Å². The van der Waals surface area contributed by atoms with Crippen LogP contribution in [0.2, 0.25) is 0 Å². The Morgan fingerprint density at radius 3 is 2.89 bits per heavy atom. The third kappa shape index (κ3) is 3.78. The van der Waals surface area contributed by atoms with Crippen LogP contribution in [0.25, 0.3) is 11.0 Å². The third-order valence-electron chi connectivity index (χ3n) is 5.75. The lowest BCUT2D eigenvalue weighted by Crippen LogP contribution is -2.39. The van der Waals surface area contributed by atoms with E-state index >= 15 is 0 Å². The summed E-state index contributed by atoms with van der Waals surface area (Å²) in [7, 11) is 1.87. The molecule has 1 N–H and O–H groups in total. The van der Waals surface area contributed by atoms with Crippen LogP contribution in [-0.4, -0.2) is 44.7 Å². The first-order valence-corrected chi connectivity index (χ1v) is 9.88. The Kier molecular flexibility index (Phi) is 5.13. The number of aryl methyl sites for hydroxylation is 2. The van der Waals surface area contributed by atoms with Gasteiger partial charge in [0.05, 0.1) is 11.3 Å². The average molecular weight is 377 g/mol. The quantitative estimate of drug-likeness (QED) is 0.743. The van der Waals surface area contributed by atoms with Crippen LogP contribution in [0.5, 0.6) is 0 Å². The van der Waals surface area contributed by atoms with E-state index in [1.165, 1.54) is 5.56 Å². The smallest absolute Gasteiger partial charge is 0.253 e. The molecule has 0 radical (unpaired) electrons. The molecule has 2 atom stereocenters. The molecular formula is C22H27N5O. The van der Waals surface area contributed by atoms with Crippen molar-refractivity contribution in [2.24, 2.45) is 13.0 Å². The Bertz CT molecular complexity index is 981. The molecule has 1 amide bonds. The predicted molar refractivity (Wildman–Crippen MR) is 110 cm³/mol. The first kappa shape index (κ1) is 18.6. The summed E-state index contributed by atoms with van der Waals surface area (Å²) in [6, 6.07) is 12.6. The Labute approximate surface area is 165 Å². The van der Waals surface area contributed by atoms with Crippen LogP contribution in [0.15, 0.2) is 42.6 Å². The summed E-state index contributed by atoms with van der Waals surface area (Å²) in [6.45, 7) is 7.10. The molecule has 0 spiro atoms. The van der Waals surface area contributed by atoms with Gasteiger partial charge in [0, 0.05) is 37.8 Å². The van der Waals surface area contributed by atoms with Crippen LogP contribution >= 0.6 is 0 Å². The van der Waals surface area contributed by atoms with Gasteiger partial charge in [-0.15, -0.1) is 0 Å². The highest BCUT2D eigenvalue weighted by molar-refractivity contribution is 5.97. The van der Waals surface area contributed by atoms with Crippen molar-refractivity contribution >= 4 is 16.9 Å². The fraction of sp³-hybridized carbons (Fsp3) is 0.409. The molecule has 28 heavy (non-hydrogen) atoms. The van der Waals surface area contributed by atoms with Crippen molar-refractivity contribution in [3.05, 3.63) is 59.4 Å². The van der Waals surface area contributed by atoms with Crippen LogP contribution in [0, 0.1) is 12.8 Å². The van der Waals surface area contributed by atoms with E-state index in [1.807, 2.05) is 26.1 Å². The minimum atomic E-state index is -0.0633. The normalized spacial score (nSPS) is 18.5. The van der Waals surface area contributed by atoms with Crippen LogP contribution in [0.1, 0.15) is 35.0 Å². The molecule has 0 bridgehead atoms. The zero-order chi connectivity index (χ0) is 19.7. The molecule has 1 saturated heterocycles. The second-order valence-electron chi connectivity index (χ2n) is 7.84. The number of nitrogens with one attached hydrogen (secondary N) is 1. The monoisotopic (exact) mass is 377 g/mol. The standard InChI is InChI=1S/C22H27N5O/c1-15(18-9-10-27(14-18)13-17-7-5-4-6-8-17)24-22(28)19-11-20-16(2)25-26(3)21(20)23-12-19/h4-8,11-12,15,18H,9-10,13-14H2,1-3H3,(H,24,28). The molecule has 3 heterocycles. The average Bonchev–Trinajstić information content (AvgIpc) is 3.27. The van der Waals surface area contributed by atoms with Gasteiger partial charge in [-0.2, -0.15) is 5.10 Å². The van der Waals surface area contributed by atoms with Crippen molar-refractivity contribution < 1.29 is 4.79 Å². The molecule has 2 aromatic heterocycles. The van der Waals surface area contributed by atoms with Gasteiger partial charge in [0.15, 0.2) is 5.65 Å². The molecule has 6 heteroatoms. The van der Waals surface area contributed by atoms with Crippen molar-refractivity contribution in [2.75, 3.05) is 13.1 Å². The van der Waals surface area contributed by atoms with E-state index in [0.717, 1.165) is 42.8 Å². The maximum absolute atomic E-state index is 12.8. The van der Waals surface area contributed by atoms with Crippen molar-refractivity contribution in [3.63, 3.8) is 0 Å². The van der Waals surface area contributed by atoms with Crippen molar-refractivity contribution in [3.8, 4) is 0 Å². The second kappa shape index (κ2) is 7.72. The minimum absolute atomic E-state index is 0.0633. The third-order valence-corrected chi connectivity index (χ3v) is 5.75. The van der Waals surface area contributed by atoms with Gasteiger partial charge in [-0.05, 0) is 44.4 Å². The first-order valence-electron chi connectivity index (χ1n) is 9.88. The first-order chi connectivity index (χ1) is 13.5. The van der Waals surface area contributed by atoms with E-state index in [-0.39, 0.29) is 11.9 Å². The molecular weight excluding hydrogens is 350 g/mol. The minimum Gasteiger partial charge on any atom is -0.349 e. The molecule has 146 valence electrons. The molecule has 1 fully saturated rings. The summed E-state index contributed by atoms with van der Waals surface area (Å²) in [5.74, 6) is 0.399. The molecule has 2 unspecified atom stereocenters. The van der Waals surface area contributed by atoms with Crippen molar-refractivity contribution in [1.29, 1.82) is 0 Å². The summed E-state index contributed by atoms with van der Waals surface area (Å²) < 4.78 is 1.74. The van der Waals surface area contributed by atoms with E-state index in [1.54, 1.807) is 10.9 Å². The Balaban J connectivity index is 1.37. The van der Waals surface area contributed by atoms with Crippen LogP contribution in [0.3, 0.4) is 0 Å². The number of carbonyl (C=O) groups is 1. The van der Waals surface area contributed by atoms with E-state index in [2.05, 4.69) is 51.5 Å². The lowest BCUT2D eigenvalue weighted by molar-refractivity contribution is 0.0927. The van der Waals surface area contributed by atoms with Crippen LogP contribution in [0.4, 0.5) is 0 Å². The number of aromatic nitrogens is 3. The summed E-state index contributed by atoms with van der Waals surface area (Å²) in [5, 5.41) is 8.48. The number of rotatable bonds is 5. The van der Waals surface area contributed by atoms with Crippen molar-refractivity contribution in [1.82, 2.24) is 25.0 Å². The fourth-order valence-corrected chi connectivity index (χ4v) is 4.10. The fourth-order valence-electron chi connectivity index (χ4n) is 4.10. The molecule has 3 aromatic rings. The number of nitrogens with zero attached hydrogens (tertiary/aromatic N) is 4. The number of pyridine rings is 1. The zero-order valence-electron chi connectivity index (χ0n) is 16.7. The highest BCUT2D eigenvalue weighted by atomic mass is 16.1. The van der Waals surface area contributed by atoms with E-state index in [9.17, 15) is 4.79 Å². The highest BCUT2D eigenvalue weighted by Crippen LogP contribution is 2.22. The number of hydrogen-bond acceptors (Lipinski definition) is 4. The molecule has 0 saturated carbocycles. The summed E-state index contributed by atoms with van der Waals surface area (Å²) in [6.07, 6.45) is 2.75. The van der Waals surface area contributed by atoms with Gasteiger partial charge in [0.25, 0.3) is 5.91 Å². The number of carbonyl (C=O) groups excluding carboxylic acids is 1. The lowest BCUT2D eigenvalue weighted by atomic mass is 10.00. The summed E-state index contributed by atoms with van der Waals surface area (Å²) >= 11 is 0. The van der Waals surface area contributed by atoms with Gasteiger partial charge >= 0.3 is 0 Å². The zero-order valence-corrected chi connectivity index (χ0v) is 16.7. The number of amides is 1. The van der Waals surface area contributed by atoms with Crippen LogP contribution in [-0.2, 0) is 13.6 Å². The van der Waals surface area contributed by atoms with Crippen molar-refractivity contribution in [2.45, 2.75) is 32.9 Å². The largest absolute Gasteiger partial charge is 0.349 e. The summed E-state index contributed by atoms with van der Waals surface area (Å²) in [4.78, 5) is 19.6. The SMILES string of the molecule is Cc1nn(C)c2ncc(C(=O)NC(C)C3CCN(Cc4ccccc4)C3)cc12. The summed E-state index contributed by atoms with van der Waals surface area (Å²) in [5.41, 5.74) is 3.62. The maximum Gasteiger partial charge on any atom is 0.253 e. The van der Waals surface area contributed by atoms with Gasteiger partial charge in [0.1, 0.15) is 0 Å². The highest BCUT2D eigenvalue weighted by Gasteiger charge is 2.28. The molecule has 6 nitrogen and oxygen atoms in total. The lowest BCUT2D eigenvalue weighted by Gasteiger charge is -2.22. The number of benzene rings is 1.